The first kappa shape index (κ1) is 15.4. The fourth-order valence-corrected chi connectivity index (χ4v) is 2.45. The van der Waals surface area contributed by atoms with Crippen molar-refractivity contribution in [3.63, 3.8) is 0 Å². The molecule has 2 nitrogen and oxygen atoms in total. The van der Waals surface area contributed by atoms with E-state index in [1.165, 1.54) is 12.1 Å². The predicted octanol–water partition coefficient (Wildman–Crippen LogP) is 2.96. The van der Waals surface area contributed by atoms with Crippen LogP contribution in [0.15, 0.2) is 0 Å². The van der Waals surface area contributed by atoms with Gasteiger partial charge in [0.2, 0.25) is 0 Å². The Morgan fingerprint density at radius 2 is 1.07 bits per heavy atom. The first-order valence-electron chi connectivity index (χ1n) is 5.86. The average molecular weight is 246 g/mol. The van der Waals surface area contributed by atoms with Crippen molar-refractivity contribution in [2.75, 3.05) is 13.2 Å². The molecular formula is C10H27BO2Si2. The quantitative estimate of drug-likeness (QED) is 0.484. The van der Waals surface area contributed by atoms with Crippen molar-refractivity contribution in [3.8, 4) is 0 Å². The molecule has 0 fully saturated rings. The molecule has 0 spiro atoms. The van der Waals surface area contributed by atoms with E-state index in [4.69, 9.17) is 9.31 Å². The third-order valence-corrected chi connectivity index (χ3v) is 5.57. The maximum absolute atomic E-state index is 5.45. The zero-order valence-electron chi connectivity index (χ0n) is 11.4. The molecule has 0 saturated heterocycles. The fourth-order valence-electron chi connectivity index (χ4n) is 0.933. The monoisotopic (exact) mass is 246 g/mol. The molecule has 90 valence electrons. The van der Waals surface area contributed by atoms with Crippen molar-refractivity contribution in [3.05, 3.63) is 0 Å². The number of hydrogen-bond acceptors (Lipinski definition) is 2. The second-order valence-electron chi connectivity index (χ2n) is 6.56. The Balaban J connectivity index is 3.20. The summed E-state index contributed by atoms with van der Waals surface area (Å²) in [4.78, 5) is 0. The molecule has 0 aromatic rings. The van der Waals surface area contributed by atoms with Crippen LogP contribution in [-0.4, -0.2) is 37.0 Å². The van der Waals surface area contributed by atoms with E-state index in [1.54, 1.807) is 0 Å². The van der Waals surface area contributed by atoms with Gasteiger partial charge >= 0.3 is 7.69 Å². The van der Waals surface area contributed by atoms with E-state index < -0.39 is 16.1 Å². The molecule has 0 amide bonds. The Kier molecular flexibility index (Phi) is 7.08. The highest BCUT2D eigenvalue weighted by atomic mass is 28.3. The minimum Gasteiger partial charge on any atom is -0.414 e. The molecule has 0 heterocycles. The summed E-state index contributed by atoms with van der Waals surface area (Å²) in [5.74, 6) is 0. The van der Waals surface area contributed by atoms with Gasteiger partial charge in [0.15, 0.2) is 0 Å². The van der Waals surface area contributed by atoms with Crippen LogP contribution in [0.5, 0.6) is 0 Å². The first-order chi connectivity index (χ1) is 6.71. The van der Waals surface area contributed by atoms with Crippen LogP contribution in [-0.2, 0) is 9.31 Å². The lowest BCUT2D eigenvalue weighted by Gasteiger charge is -2.16. The van der Waals surface area contributed by atoms with E-state index in [9.17, 15) is 0 Å². The third-order valence-electron chi connectivity index (χ3n) is 2.16. The smallest absolute Gasteiger partial charge is 0.414 e. The standard InChI is InChI=1S/C10H27BO2Si2/c1-14(2,3)9-7-12-11-13-8-10-15(4,5)6/h11H,7-10H2,1-6H3. The Hall–Kier alpha value is 0.419. The van der Waals surface area contributed by atoms with E-state index >= 15 is 0 Å². The van der Waals surface area contributed by atoms with E-state index in [2.05, 4.69) is 39.3 Å². The van der Waals surface area contributed by atoms with Crippen molar-refractivity contribution in [1.29, 1.82) is 0 Å². The van der Waals surface area contributed by atoms with Gasteiger partial charge in [0.1, 0.15) is 0 Å². The molecule has 15 heavy (non-hydrogen) atoms. The van der Waals surface area contributed by atoms with Gasteiger partial charge in [-0.25, -0.2) is 0 Å². The molecule has 0 aliphatic rings. The molecule has 0 aromatic carbocycles. The molecule has 0 saturated carbocycles. The zero-order valence-corrected chi connectivity index (χ0v) is 13.4. The minimum absolute atomic E-state index is 0.481. The fraction of sp³-hybridized carbons (Fsp3) is 1.00. The normalized spacial score (nSPS) is 12.9. The Morgan fingerprint density at radius 1 is 0.733 bits per heavy atom. The molecule has 0 atom stereocenters. The summed E-state index contributed by atoms with van der Waals surface area (Å²) in [5, 5.41) is 0. The van der Waals surface area contributed by atoms with Crippen LogP contribution in [0.3, 0.4) is 0 Å². The lowest BCUT2D eigenvalue weighted by atomic mass is 10.4. The summed E-state index contributed by atoms with van der Waals surface area (Å²) in [6, 6.07) is 2.45. The number of rotatable bonds is 8. The van der Waals surface area contributed by atoms with E-state index in [0.717, 1.165) is 13.2 Å². The molecule has 0 N–H and O–H groups in total. The van der Waals surface area contributed by atoms with Gasteiger partial charge in [0.25, 0.3) is 0 Å². The molecule has 0 bridgehead atoms. The van der Waals surface area contributed by atoms with Crippen LogP contribution < -0.4 is 0 Å². The molecule has 0 radical (unpaired) electrons. The molecule has 0 aliphatic carbocycles. The van der Waals surface area contributed by atoms with Crippen LogP contribution in [0, 0.1) is 0 Å². The van der Waals surface area contributed by atoms with Gasteiger partial charge in [0.05, 0.1) is 0 Å². The summed E-state index contributed by atoms with van der Waals surface area (Å²) in [6.45, 7) is 15.9. The summed E-state index contributed by atoms with van der Waals surface area (Å²) in [5.41, 5.74) is 0. The maximum Gasteiger partial charge on any atom is 0.438 e. The van der Waals surface area contributed by atoms with Gasteiger partial charge in [0, 0.05) is 29.4 Å². The SMILES string of the molecule is C[Si](C)(C)CCOBOCC[Si](C)(C)C. The molecule has 0 aliphatic heterocycles. The Bertz CT molecular complexity index is 146. The van der Waals surface area contributed by atoms with Gasteiger partial charge in [-0.3, -0.25) is 0 Å². The van der Waals surface area contributed by atoms with Crippen LogP contribution in [0.2, 0.25) is 51.4 Å². The molecular weight excluding hydrogens is 219 g/mol. The highest BCUT2D eigenvalue weighted by Crippen LogP contribution is 2.08. The first-order valence-corrected chi connectivity index (χ1v) is 13.3. The van der Waals surface area contributed by atoms with Gasteiger partial charge in [-0.05, 0) is 12.1 Å². The minimum atomic E-state index is -0.929. The third kappa shape index (κ3) is 14.4. The van der Waals surface area contributed by atoms with Crippen molar-refractivity contribution in [2.45, 2.75) is 51.4 Å². The highest BCUT2D eigenvalue weighted by molar-refractivity contribution is 6.76. The highest BCUT2D eigenvalue weighted by Gasteiger charge is 2.13. The van der Waals surface area contributed by atoms with Crippen molar-refractivity contribution in [2.24, 2.45) is 0 Å². The molecule has 0 unspecified atom stereocenters. The predicted molar refractivity (Wildman–Crippen MR) is 75.4 cm³/mol. The van der Waals surface area contributed by atoms with Crippen LogP contribution >= 0.6 is 0 Å². The second kappa shape index (κ2) is 6.89. The van der Waals surface area contributed by atoms with E-state index in [0.29, 0.717) is 7.69 Å². The van der Waals surface area contributed by atoms with Gasteiger partial charge in [-0.15, -0.1) is 0 Å². The van der Waals surface area contributed by atoms with Crippen LogP contribution in [0.4, 0.5) is 0 Å². The second-order valence-corrected chi connectivity index (χ2v) is 17.8. The molecule has 0 rings (SSSR count). The van der Waals surface area contributed by atoms with Crippen LogP contribution in [0.25, 0.3) is 0 Å². The largest absolute Gasteiger partial charge is 0.438 e. The van der Waals surface area contributed by atoms with Crippen molar-refractivity contribution >= 4 is 23.8 Å². The van der Waals surface area contributed by atoms with Crippen molar-refractivity contribution in [1.82, 2.24) is 0 Å². The van der Waals surface area contributed by atoms with Gasteiger partial charge in [-0.2, -0.15) is 0 Å². The Morgan fingerprint density at radius 3 is 1.33 bits per heavy atom. The summed E-state index contributed by atoms with van der Waals surface area (Å²) in [7, 11) is -1.38. The van der Waals surface area contributed by atoms with E-state index in [-0.39, 0.29) is 0 Å². The topological polar surface area (TPSA) is 18.5 Å². The van der Waals surface area contributed by atoms with Crippen LogP contribution in [0.1, 0.15) is 0 Å². The lowest BCUT2D eigenvalue weighted by molar-refractivity contribution is 0.239. The zero-order chi connectivity index (χ0) is 11.9. The lowest BCUT2D eigenvalue weighted by Crippen LogP contribution is -2.24. The van der Waals surface area contributed by atoms with E-state index in [1.807, 2.05) is 0 Å². The average Bonchev–Trinajstić information content (AvgIpc) is 1.98. The van der Waals surface area contributed by atoms with Gasteiger partial charge < -0.3 is 9.31 Å². The summed E-state index contributed by atoms with van der Waals surface area (Å²) >= 11 is 0. The Labute approximate surface area is 98.1 Å². The molecule has 0 aromatic heterocycles. The summed E-state index contributed by atoms with van der Waals surface area (Å²) in [6.07, 6.45) is 0. The maximum atomic E-state index is 5.45. The van der Waals surface area contributed by atoms with Gasteiger partial charge in [-0.1, -0.05) is 39.3 Å². The molecule has 5 heteroatoms. The summed E-state index contributed by atoms with van der Waals surface area (Å²) < 4.78 is 10.9. The van der Waals surface area contributed by atoms with Crippen molar-refractivity contribution < 1.29 is 9.31 Å². The number of hydrogen-bond donors (Lipinski definition) is 0.